The number of sulfonamides is 1. The molecule has 0 spiro atoms. The molecule has 1 heterocycles. The Bertz CT molecular complexity index is 567. The molecule has 0 aliphatic carbocycles. The zero-order valence-corrected chi connectivity index (χ0v) is 14.2. The molecule has 1 saturated heterocycles. The van der Waals surface area contributed by atoms with E-state index >= 15 is 0 Å². The standard InChI is InChI=1S/C16H26N2O2S/c1-16(2,3)13-5-7-15(8-6-13)21(19,20)18(4)14-9-11-17-12-10-14/h5-8,14,17H,9-12H2,1-4H3. The first-order valence-corrected chi connectivity index (χ1v) is 8.96. The summed E-state index contributed by atoms with van der Waals surface area (Å²) in [5.41, 5.74) is 1.18. The zero-order valence-electron chi connectivity index (χ0n) is 13.4. The molecule has 1 aliphatic heterocycles. The lowest BCUT2D eigenvalue weighted by Gasteiger charge is -2.31. The van der Waals surface area contributed by atoms with Crippen molar-refractivity contribution in [3.63, 3.8) is 0 Å². The summed E-state index contributed by atoms with van der Waals surface area (Å²) in [6, 6.07) is 7.39. The molecule has 5 heteroatoms. The van der Waals surface area contributed by atoms with Crippen LogP contribution in [0.25, 0.3) is 0 Å². The molecule has 21 heavy (non-hydrogen) atoms. The summed E-state index contributed by atoms with van der Waals surface area (Å²) in [5.74, 6) is 0. The van der Waals surface area contributed by atoms with Crippen LogP contribution in [-0.2, 0) is 15.4 Å². The van der Waals surface area contributed by atoms with Crippen molar-refractivity contribution in [2.45, 2.75) is 50.0 Å². The van der Waals surface area contributed by atoms with Gasteiger partial charge in [-0.3, -0.25) is 0 Å². The van der Waals surface area contributed by atoms with Gasteiger partial charge in [-0.2, -0.15) is 4.31 Å². The van der Waals surface area contributed by atoms with Crippen LogP contribution in [0.5, 0.6) is 0 Å². The van der Waals surface area contributed by atoms with E-state index in [1.54, 1.807) is 23.5 Å². The highest BCUT2D eigenvalue weighted by Crippen LogP contribution is 2.25. The summed E-state index contributed by atoms with van der Waals surface area (Å²) < 4.78 is 26.9. The molecule has 1 fully saturated rings. The number of nitrogens with one attached hydrogen (secondary N) is 1. The minimum atomic E-state index is -3.40. The summed E-state index contributed by atoms with van der Waals surface area (Å²) in [7, 11) is -1.70. The number of rotatable bonds is 3. The Morgan fingerprint density at radius 3 is 2.10 bits per heavy atom. The number of piperidine rings is 1. The highest BCUT2D eigenvalue weighted by atomic mass is 32.2. The van der Waals surface area contributed by atoms with Gasteiger partial charge in [-0.25, -0.2) is 8.42 Å². The van der Waals surface area contributed by atoms with Gasteiger partial charge in [0.2, 0.25) is 10.0 Å². The SMILES string of the molecule is CN(C1CCNCC1)S(=O)(=O)c1ccc(C(C)(C)C)cc1. The van der Waals surface area contributed by atoms with Crippen LogP contribution in [0.4, 0.5) is 0 Å². The van der Waals surface area contributed by atoms with E-state index in [0.29, 0.717) is 4.90 Å². The van der Waals surface area contributed by atoms with Crippen LogP contribution >= 0.6 is 0 Å². The predicted molar refractivity (Wildman–Crippen MR) is 86.0 cm³/mol. The molecular formula is C16H26N2O2S. The lowest BCUT2D eigenvalue weighted by atomic mass is 9.87. The molecule has 0 amide bonds. The van der Waals surface area contributed by atoms with Gasteiger partial charge in [-0.05, 0) is 49.0 Å². The van der Waals surface area contributed by atoms with Crippen LogP contribution in [0.15, 0.2) is 29.2 Å². The molecule has 118 valence electrons. The zero-order chi connectivity index (χ0) is 15.7. The monoisotopic (exact) mass is 310 g/mol. The minimum absolute atomic E-state index is 0.0310. The third-order valence-corrected chi connectivity index (χ3v) is 6.14. The highest BCUT2D eigenvalue weighted by Gasteiger charge is 2.29. The van der Waals surface area contributed by atoms with E-state index in [1.165, 1.54) is 0 Å². The maximum absolute atomic E-state index is 12.7. The van der Waals surface area contributed by atoms with Crippen LogP contribution in [0.2, 0.25) is 0 Å². The Hall–Kier alpha value is -0.910. The van der Waals surface area contributed by atoms with E-state index < -0.39 is 10.0 Å². The van der Waals surface area contributed by atoms with Crippen LogP contribution in [0.1, 0.15) is 39.2 Å². The molecule has 2 rings (SSSR count). The lowest BCUT2D eigenvalue weighted by molar-refractivity contribution is 0.296. The summed E-state index contributed by atoms with van der Waals surface area (Å²) >= 11 is 0. The second kappa shape index (κ2) is 6.07. The topological polar surface area (TPSA) is 49.4 Å². The van der Waals surface area contributed by atoms with Crippen molar-refractivity contribution in [1.82, 2.24) is 9.62 Å². The number of nitrogens with zero attached hydrogens (tertiary/aromatic N) is 1. The molecule has 0 atom stereocenters. The van der Waals surface area contributed by atoms with Crippen molar-refractivity contribution in [3.8, 4) is 0 Å². The Kier molecular flexibility index (Phi) is 4.76. The average molecular weight is 310 g/mol. The van der Waals surface area contributed by atoms with Crippen LogP contribution < -0.4 is 5.32 Å². The van der Waals surface area contributed by atoms with E-state index in [1.807, 2.05) is 12.1 Å². The minimum Gasteiger partial charge on any atom is -0.317 e. The van der Waals surface area contributed by atoms with Crippen LogP contribution in [0.3, 0.4) is 0 Å². The first kappa shape index (κ1) is 16.5. The normalized spacial score (nSPS) is 18.1. The smallest absolute Gasteiger partial charge is 0.243 e. The third-order valence-electron chi connectivity index (χ3n) is 4.22. The van der Waals surface area contributed by atoms with Gasteiger partial charge in [0, 0.05) is 13.1 Å². The average Bonchev–Trinajstić information content (AvgIpc) is 2.46. The van der Waals surface area contributed by atoms with Gasteiger partial charge in [0.05, 0.1) is 4.90 Å². The fourth-order valence-electron chi connectivity index (χ4n) is 2.66. The van der Waals surface area contributed by atoms with Crippen molar-refractivity contribution >= 4 is 10.0 Å². The van der Waals surface area contributed by atoms with Gasteiger partial charge in [0.1, 0.15) is 0 Å². The second-order valence-electron chi connectivity index (χ2n) is 6.78. The summed E-state index contributed by atoms with van der Waals surface area (Å²) in [4.78, 5) is 0.386. The van der Waals surface area contributed by atoms with Gasteiger partial charge < -0.3 is 5.32 Å². The molecule has 0 unspecified atom stereocenters. The van der Waals surface area contributed by atoms with E-state index in [9.17, 15) is 8.42 Å². The molecule has 0 aromatic heterocycles. The lowest BCUT2D eigenvalue weighted by Crippen LogP contribution is -2.43. The third kappa shape index (κ3) is 3.65. The molecule has 0 bridgehead atoms. The largest absolute Gasteiger partial charge is 0.317 e. The molecule has 4 nitrogen and oxygen atoms in total. The van der Waals surface area contributed by atoms with Crippen LogP contribution in [0, 0.1) is 0 Å². The van der Waals surface area contributed by atoms with Crippen molar-refractivity contribution in [1.29, 1.82) is 0 Å². The van der Waals surface area contributed by atoms with Gasteiger partial charge in [0.25, 0.3) is 0 Å². The molecule has 1 aromatic carbocycles. The van der Waals surface area contributed by atoms with Gasteiger partial charge >= 0.3 is 0 Å². The molecule has 1 aliphatic rings. The van der Waals surface area contributed by atoms with Gasteiger partial charge in [-0.1, -0.05) is 32.9 Å². The van der Waals surface area contributed by atoms with E-state index in [0.717, 1.165) is 31.5 Å². The molecule has 1 N–H and O–H groups in total. The van der Waals surface area contributed by atoms with Crippen molar-refractivity contribution < 1.29 is 8.42 Å². The summed E-state index contributed by atoms with van der Waals surface area (Å²) in [5, 5.41) is 3.26. The van der Waals surface area contributed by atoms with E-state index in [4.69, 9.17) is 0 Å². The quantitative estimate of drug-likeness (QED) is 0.932. The first-order valence-electron chi connectivity index (χ1n) is 7.52. The fraction of sp³-hybridized carbons (Fsp3) is 0.625. The van der Waals surface area contributed by atoms with Crippen molar-refractivity contribution in [3.05, 3.63) is 29.8 Å². The molecule has 0 saturated carbocycles. The molecule has 1 aromatic rings. The Morgan fingerprint density at radius 2 is 1.62 bits per heavy atom. The van der Waals surface area contributed by atoms with E-state index in [-0.39, 0.29) is 11.5 Å². The number of benzene rings is 1. The van der Waals surface area contributed by atoms with Crippen LogP contribution in [-0.4, -0.2) is 38.9 Å². The van der Waals surface area contributed by atoms with Crippen molar-refractivity contribution in [2.24, 2.45) is 0 Å². The first-order chi connectivity index (χ1) is 9.73. The molecule has 0 radical (unpaired) electrons. The van der Waals surface area contributed by atoms with E-state index in [2.05, 4.69) is 26.1 Å². The fourth-order valence-corrected chi connectivity index (χ4v) is 4.08. The number of hydrogen-bond acceptors (Lipinski definition) is 3. The highest BCUT2D eigenvalue weighted by molar-refractivity contribution is 7.89. The molecular weight excluding hydrogens is 284 g/mol. The number of hydrogen-bond donors (Lipinski definition) is 1. The Morgan fingerprint density at radius 1 is 1.10 bits per heavy atom. The second-order valence-corrected chi connectivity index (χ2v) is 8.77. The van der Waals surface area contributed by atoms with Gasteiger partial charge in [0.15, 0.2) is 0 Å². The van der Waals surface area contributed by atoms with Gasteiger partial charge in [-0.15, -0.1) is 0 Å². The Labute approximate surface area is 128 Å². The van der Waals surface area contributed by atoms with Crippen molar-refractivity contribution in [2.75, 3.05) is 20.1 Å². The predicted octanol–water partition coefficient (Wildman–Crippen LogP) is 2.36. The maximum Gasteiger partial charge on any atom is 0.243 e. The Balaban J connectivity index is 2.22. The summed E-state index contributed by atoms with van der Waals surface area (Å²) in [6.45, 7) is 8.13. The maximum atomic E-state index is 12.7. The summed E-state index contributed by atoms with van der Waals surface area (Å²) in [6.07, 6.45) is 1.74.